The van der Waals surface area contributed by atoms with E-state index >= 15 is 0 Å². The van der Waals surface area contributed by atoms with Gasteiger partial charge in [-0.2, -0.15) is 5.10 Å². The van der Waals surface area contributed by atoms with Crippen molar-refractivity contribution in [3.05, 3.63) is 49.1 Å². The van der Waals surface area contributed by atoms with Gasteiger partial charge < -0.3 is 14.6 Å². The minimum absolute atomic E-state index is 0.434. The molecule has 4 aromatic heterocycles. The van der Waals surface area contributed by atoms with E-state index in [1.165, 1.54) is 0 Å². The Balaban J connectivity index is 1.53. The molecule has 1 aliphatic rings. The maximum absolute atomic E-state index is 5.18. The molecule has 0 aromatic carbocycles. The highest BCUT2D eigenvalue weighted by Crippen LogP contribution is 2.33. The fourth-order valence-corrected chi connectivity index (χ4v) is 4.12. The van der Waals surface area contributed by atoms with Crippen LogP contribution in [0.4, 0.5) is 0 Å². The lowest BCUT2D eigenvalue weighted by Gasteiger charge is -2.30. The summed E-state index contributed by atoms with van der Waals surface area (Å²) in [7, 11) is 3.80. The second-order valence-electron chi connectivity index (χ2n) is 7.61. The van der Waals surface area contributed by atoms with Crippen LogP contribution < -0.4 is 4.74 Å². The zero-order chi connectivity index (χ0) is 19.8. The molecule has 0 spiro atoms. The molecular weight excluding hydrogens is 364 g/mol. The number of piperidine rings is 1. The third-order valence-electron chi connectivity index (χ3n) is 5.79. The average Bonchev–Trinajstić information content (AvgIpc) is 3.41. The Bertz CT molecular complexity index is 1120. The van der Waals surface area contributed by atoms with Crippen molar-refractivity contribution in [1.29, 1.82) is 0 Å². The van der Waals surface area contributed by atoms with E-state index in [4.69, 9.17) is 4.74 Å². The van der Waals surface area contributed by atoms with Crippen molar-refractivity contribution < 1.29 is 4.74 Å². The lowest BCUT2D eigenvalue weighted by atomic mass is 10.0. The molecule has 5 rings (SSSR count). The average molecular weight is 388 g/mol. The summed E-state index contributed by atoms with van der Waals surface area (Å²) in [6, 6.07) is 8.61. The number of hydrogen-bond donors (Lipinski definition) is 1. The van der Waals surface area contributed by atoms with Crippen molar-refractivity contribution in [2.75, 3.05) is 27.2 Å². The molecule has 7 heteroatoms. The summed E-state index contributed by atoms with van der Waals surface area (Å²) in [6.07, 6.45) is 9.87. The number of rotatable bonds is 4. The predicted octanol–water partition coefficient (Wildman–Crippen LogP) is 3.76. The van der Waals surface area contributed by atoms with Gasteiger partial charge in [0.25, 0.3) is 0 Å². The summed E-state index contributed by atoms with van der Waals surface area (Å²) >= 11 is 0. The van der Waals surface area contributed by atoms with E-state index < -0.39 is 0 Å². The second kappa shape index (κ2) is 7.33. The first-order valence-corrected chi connectivity index (χ1v) is 9.93. The van der Waals surface area contributed by atoms with Gasteiger partial charge in [0.1, 0.15) is 5.65 Å². The van der Waals surface area contributed by atoms with Gasteiger partial charge in [0, 0.05) is 52.9 Å². The first-order chi connectivity index (χ1) is 14.2. The minimum Gasteiger partial charge on any atom is -0.481 e. The molecule has 1 saturated heterocycles. The van der Waals surface area contributed by atoms with Gasteiger partial charge >= 0.3 is 0 Å². The van der Waals surface area contributed by atoms with Gasteiger partial charge in [-0.1, -0.05) is 0 Å². The van der Waals surface area contributed by atoms with Crippen LogP contribution in [0, 0.1) is 0 Å². The number of nitrogens with zero attached hydrogens (tertiary/aromatic N) is 5. The lowest BCUT2D eigenvalue weighted by molar-refractivity contribution is 0.213. The van der Waals surface area contributed by atoms with E-state index in [0.29, 0.717) is 11.9 Å². The number of aromatic amines is 1. The number of fused-ring (bicyclic) bond motifs is 1. The number of pyridine rings is 2. The number of methoxy groups -OCH3 is 1. The molecule has 0 bridgehead atoms. The molecule has 0 aliphatic carbocycles. The number of hydrogen-bond acceptors (Lipinski definition) is 5. The zero-order valence-corrected chi connectivity index (χ0v) is 16.7. The molecule has 0 amide bonds. The molecule has 1 aliphatic heterocycles. The fourth-order valence-electron chi connectivity index (χ4n) is 4.12. The number of H-pyrrole nitrogens is 1. The molecular formula is C22H24N6O. The van der Waals surface area contributed by atoms with Gasteiger partial charge in [-0.25, -0.2) is 9.97 Å². The summed E-state index contributed by atoms with van der Waals surface area (Å²) in [4.78, 5) is 14.7. The molecule has 29 heavy (non-hydrogen) atoms. The Morgan fingerprint density at radius 1 is 1.07 bits per heavy atom. The number of aromatic nitrogens is 5. The van der Waals surface area contributed by atoms with E-state index in [1.54, 1.807) is 7.11 Å². The number of ether oxygens (including phenoxy) is 1. The van der Waals surface area contributed by atoms with Crippen LogP contribution in [0.1, 0.15) is 18.9 Å². The van der Waals surface area contributed by atoms with Crippen molar-refractivity contribution in [3.63, 3.8) is 0 Å². The monoisotopic (exact) mass is 388 g/mol. The highest BCUT2D eigenvalue weighted by molar-refractivity contribution is 5.95. The molecule has 1 fully saturated rings. The molecule has 0 radical (unpaired) electrons. The Hall–Kier alpha value is -3.19. The zero-order valence-electron chi connectivity index (χ0n) is 16.7. The summed E-state index contributed by atoms with van der Waals surface area (Å²) < 4.78 is 7.35. The van der Waals surface area contributed by atoms with Gasteiger partial charge in [-0.05, 0) is 51.2 Å². The Morgan fingerprint density at radius 2 is 1.90 bits per heavy atom. The van der Waals surface area contributed by atoms with Gasteiger partial charge in [0.2, 0.25) is 5.88 Å². The normalized spacial score (nSPS) is 15.8. The molecule has 7 nitrogen and oxygen atoms in total. The molecule has 4 aromatic rings. The van der Waals surface area contributed by atoms with E-state index in [0.717, 1.165) is 59.3 Å². The van der Waals surface area contributed by atoms with Crippen LogP contribution in [0.5, 0.6) is 5.88 Å². The van der Waals surface area contributed by atoms with Crippen LogP contribution in [0.2, 0.25) is 0 Å². The van der Waals surface area contributed by atoms with Crippen molar-refractivity contribution in [3.8, 4) is 28.3 Å². The highest BCUT2D eigenvalue weighted by atomic mass is 16.5. The van der Waals surface area contributed by atoms with E-state index in [2.05, 4.69) is 48.8 Å². The standard InChI is InChI=1S/C22H24N6O/c1-27-9-6-17(7-10-27)28-20(5-8-26-28)16-11-18-19(14-25-22(18)24-13-16)15-3-4-21(29-2)23-12-15/h3-5,8,11-14,17H,6-7,9-10H2,1-2H3,(H,24,25). The topological polar surface area (TPSA) is 71.9 Å². The molecule has 0 saturated carbocycles. The van der Waals surface area contributed by atoms with Crippen LogP contribution >= 0.6 is 0 Å². The van der Waals surface area contributed by atoms with E-state index in [9.17, 15) is 0 Å². The third-order valence-corrected chi connectivity index (χ3v) is 5.79. The van der Waals surface area contributed by atoms with Crippen LogP contribution in [0.25, 0.3) is 33.4 Å². The highest BCUT2D eigenvalue weighted by Gasteiger charge is 2.21. The number of nitrogens with one attached hydrogen (secondary N) is 1. The summed E-state index contributed by atoms with van der Waals surface area (Å²) in [6.45, 7) is 2.21. The molecule has 0 atom stereocenters. The molecule has 5 heterocycles. The quantitative estimate of drug-likeness (QED) is 0.576. The summed E-state index contributed by atoms with van der Waals surface area (Å²) in [5.41, 5.74) is 5.17. The molecule has 148 valence electrons. The van der Waals surface area contributed by atoms with Gasteiger partial charge in [-0.15, -0.1) is 0 Å². The van der Waals surface area contributed by atoms with E-state index in [1.807, 2.05) is 36.9 Å². The Kier molecular flexibility index (Phi) is 4.52. The van der Waals surface area contributed by atoms with Crippen LogP contribution in [-0.4, -0.2) is 56.9 Å². The Labute approximate surface area is 169 Å². The largest absolute Gasteiger partial charge is 0.481 e. The van der Waals surface area contributed by atoms with Crippen molar-refractivity contribution in [1.82, 2.24) is 29.6 Å². The lowest BCUT2D eigenvalue weighted by Crippen LogP contribution is -2.32. The molecule has 0 unspecified atom stereocenters. The van der Waals surface area contributed by atoms with Crippen LogP contribution in [-0.2, 0) is 0 Å². The molecule has 1 N–H and O–H groups in total. The van der Waals surface area contributed by atoms with Crippen molar-refractivity contribution in [2.24, 2.45) is 0 Å². The first kappa shape index (κ1) is 17.9. The van der Waals surface area contributed by atoms with Gasteiger partial charge in [0.05, 0.1) is 18.8 Å². The third kappa shape index (κ3) is 3.27. The SMILES string of the molecule is COc1ccc(-c2c[nH]c3ncc(-c4ccnn4C4CCN(C)CC4)cc23)cn1. The van der Waals surface area contributed by atoms with Crippen molar-refractivity contribution in [2.45, 2.75) is 18.9 Å². The Morgan fingerprint density at radius 3 is 2.66 bits per heavy atom. The number of likely N-dealkylation sites (tertiary alicyclic amines) is 1. The maximum atomic E-state index is 5.18. The summed E-state index contributed by atoms with van der Waals surface area (Å²) in [5, 5.41) is 5.72. The van der Waals surface area contributed by atoms with Crippen LogP contribution in [0.15, 0.2) is 49.1 Å². The van der Waals surface area contributed by atoms with Crippen molar-refractivity contribution >= 4 is 11.0 Å². The fraction of sp³-hybridized carbons (Fsp3) is 0.318. The maximum Gasteiger partial charge on any atom is 0.212 e. The predicted molar refractivity (Wildman–Crippen MR) is 113 cm³/mol. The second-order valence-corrected chi connectivity index (χ2v) is 7.61. The van der Waals surface area contributed by atoms with Gasteiger partial charge in [-0.3, -0.25) is 4.68 Å². The summed E-state index contributed by atoms with van der Waals surface area (Å²) in [5.74, 6) is 0.606. The smallest absolute Gasteiger partial charge is 0.212 e. The van der Waals surface area contributed by atoms with Crippen LogP contribution in [0.3, 0.4) is 0 Å². The minimum atomic E-state index is 0.434. The first-order valence-electron chi connectivity index (χ1n) is 9.93. The van der Waals surface area contributed by atoms with Gasteiger partial charge in [0.15, 0.2) is 0 Å². The van der Waals surface area contributed by atoms with E-state index in [-0.39, 0.29) is 0 Å².